The molecule has 0 aliphatic heterocycles. The molecule has 0 aliphatic carbocycles. The lowest BCUT2D eigenvalue weighted by Crippen LogP contribution is -2.45. The van der Waals surface area contributed by atoms with E-state index in [9.17, 15) is 9.59 Å². The number of aromatic nitrogens is 1. The summed E-state index contributed by atoms with van der Waals surface area (Å²) in [5, 5.41) is 5.30. The summed E-state index contributed by atoms with van der Waals surface area (Å²) in [4.78, 5) is 27.2. The molecule has 1 heterocycles. The zero-order valence-corrected chi connectivity index (χ0v) is 12.2. The molecule has 1 aromatic rings. The van der Waals surface area contributed by atoms with Gasteiger partial charge in [-0.05, 0) is 48.8 Å². The summed E-state index contributed by atoms with van der Waals surface area (Å²) in [5.41, 5.74) is 0.0949. The van der Waals surface area contributed by atoms with Gasteiger partial charge in [0.1, 0.15) is 4.60 Å². The zero-order chi connectivity index (χ0) is 13.8. The summed E-state index contributed by atoms with van der Waals surface area (Å²) in [5.74, 6) is -0.560. The molecule has 18 heavy (non-hydrogen) atoms. The van der Waals surface area contributed by atoms with Crippen molar-refractivity contribution in [2.45, 2.75) is 26.3 Å². The van der Waals surface area contributed by atoms with E-state index in [-0.39, 0.29) is 23.9 Å². The molecule has 1 rings (SSSR count). The minimum Gasteiger partial charge on any atom is -0.350 e. The summed E-state index contributed by atoms with van der Waals surface area (Å²) >= 11 is 3.18. The average Bonchev–Trinajstić information content (AvgIpc) is 2.24. The van der Waals surface area contributed by atoms with Crippen LogP contribution in [0, 0.1) is 0 Å². The fourth-order valence-corrected chi connectivity index (χ4v) is 1.70. The van der Waals surface area contributed by atoms with Crippen LogP contribution in [0.2, 0.25) is 0 Å². The van der Waals surface area contributed by atoms with Crippen molar-refractivity contribution in [3.63, 3.8) is 0 Å². The molecule has 98 valence electrons. The van der Waals surface area contributed by atoms with Crippen LogP contribution in [0.15, 0.2) is 22.9 Å². The molecule has 0 aromatic carbocycles. The SMILES string of the molecule is CC(C)(C)NC(=O)CNC(=O)c1cccnc1Br. The van der Waals surface area contributed by atoms with Crippen molar-refractivity contribution >= 4 is 27.7 Å². The van der Waals surface area contributed by atoms with Crippen molar-refractivity contribution < 1.29 is 9.59 Å². The highest BCUT2D eigenvalue weighted by Gasteiger charge is 2.15. The number of amides is 2. The predicted octanol–water partition coefficient (Wildman–Crippen LogP) is 1.49. The summed E-state index contributed by atoms with van der Waals surface area (Å²) in [6.45, 7) is 5.58. The Morgan fingerprint density at radius 3 is 2.61 bits per heavy atom. The molecule has 0 bridgehead atoms. The van der Waals surface area contributed by atoms with Crippen LogP contribution >= 0.6 is 15.9 Å². The highest BCUT2D eigenvalue weighted by Crippen LogP contribution is 2.11. The fraction of sp³-hybridized carbons (Fsp3) is 0.417. The summed E-state index contributed by atoms with van der Waals surface area (Å²) in [6, 6.07) is 3.29. The van der Waals surface area contributed by atoms with Gasteiger partial charge in [-0.3, -0.25) is 9.59 Å². The van der Waals surface area contributed by atoms with Crippen molar-refractivity contribution in [1.82, 2.24) is 15.6 Å². The third-order valence-electron chi connectivity index (χ3n) is 1.93. The van der Waals surface area contributed by atoms with Crippen LogP contribution in [0.25, 0.3) is 0 Å². The van der Waals surface area contributed by atoms with E-state index in [0.29, 0.717) is 10.2 Å². The number of nitrogens with one attached hydrogen (secondary N) is 2. The van der Waals surface area contributed by atoms with Crippen LogP contribution in [-0.4, -0.2) is 28.9 Å². The van der Waals surface area contributed by atoms with Gasteiger partial charge in [-0.25, -0.2) is 4.98 Å². The lowest BCUT2D eigenvalue weighted by atomic mass is 10.1. The molecule has 0 unspecified atom stereocenters. The fourth-order valence-electron chi connectivity index (χ4n) is 1.27. The van der Waals surface area contributed by atoms with E-state index in [1.807, 2.05) is 20.8 Å². The van der Waals surface area contributed by atoms with Gasteiger partial charge < -0.3 is 10.6 Å². The number of carbonyl (C=O) groups excluding carboxylic acids is 2. The molecule has 2 amide bonds. The molecular formula is C12H16BrN3O2. The average molecular weight is 314 g/mol. The third kappa shape index (κ3) is 4.83. The van der Waals surface area contributed by atoms with Crippen LogP contribution in [0.1, 0.15) is 31.1 Å². The summed E-state index contributed by atoms with van der Waals surface area (Å²) in [6.07, 6.45) is 1.58. The van der Waals surface area contributed by atoms with Crippen molar-refractivity contribution in [2.75, 3.05) is 6.54 Å². The lowest BCUT2D eigenvalue weighted by Gasteiger charge is -2.20. The zero-order valence-electron chi connectivity index (χ0n) is 10.6. The largest absolute Gasteiger partial charge is 0.350 e. The highest BCUT2D eigenvalue weighted by molar-refractivity contribution is 9.10. The minimum absolute atomic E-state index is 0.0581. The number of nitrogens with zero attached hydrogens (tertiary/aromatic N) is 1. The Hall–Kier alpha value is -1.43. The normalized spacial score (nSPS) is 10.9. The molecule has 0 radical (unpaired) electrons. The van der Waals surface area contributed by atoms with E-state index in [4.69, 9.17) is 0 Å². The van der Waals surface area contributed by atoms with Crippen molar-refractivity contribution in [3.05, 3.63) is 28.5 Å². The van der Waals surface area contributed by atoms with E-state index in [0.717, 1.165) is 0 Å². The van der Waals surface area contributed by atoms with E-state index in [1.165, 1.54) is 0 Å². The third-order valence-corrected chi connectivity index (χ3v) is 2.56. The molecule has 0 fully saturated rings. The van der Waals surface area contributed by atoms with Crippen molar-refractivity contribution in [2.24, 2.45) is 0 Å². The van der Waals surface area contributed by atoms with Gasteiger partial charge in [0.15, 0.2) is 0 Å². The van der Waals surface area contributed by atoms with E-state index < -0.39 is 0 Å². The highest BCUT2D eigenvalue weighted by atomic mass is 79.9. The Kier molecular flexibility index (Phi) is 4.84. The van der Waals surface area contributed by atoms with Crippen LogP contribution in [-0.2, 0) is 4.79 Å². The molecule has 0 spiro atoms. The monoisotopic (exact) mass is 313 g/mol. The Labute approximate surface area is 114 Å². The van der Waals surface area contributed by atoms with Crippen molar-refractivity contribution in [1.29, 1.82) is 0 Å². The van der Waals surface area contributed by atoms with Crippen LogP contribution in [0.4, 0.5) is 0 Å². The number of rotatable bonds is 3. The number of hydrogen-bond donors (Lipinski definition) is 2. The molecule has 2 N–H and O–H groups in total. The standard InChI is InChI=1S/C12H16BrN3O2/c1-12(2,3)16-9(17)7-15-11(18)8-5-4-6-14-10(8)13/h4-6H,7H2,1-3H3,(H,15,18)(H,16,17). The maximum absolute atomic E-state index is 11.8. The maximum Gasteiger partial charge on any atom is 0.254 e. The van der Waals surface area contributed by atoms with Gasteiger partial charge in [-0.15, -0.1) is 0 Å². The first-order valence-corrected chi connectivity index (χ1v) is 6.28. The van der Waals surface area contributed by atoms with Crippen LogP contribution < -0.4 is 10.6 Å². The van der Waals surface area contributed by atoms with Gasteiger partial charge in [0, 0.05) is 11.7 Å². The van der Waals surface area contributed by atoms with Crippen LogP contribution in [0.3, 0.4) is 0 Å². The first-order chi connectivity index (χ1) is 8.29. The smallest absolute Gasteiger partial charge is 0.254 e. The molecule has 1 aromatic heterocycles. The molecular weight excluding hydrogens is 298 g/mol. The molecule has 0 aliphatic rings. The maximum atomic E-state index is 11.8. The lowest BCUT2D eigenvalue weighted by molar-refractivity contribution is -0.121. The second-order valence-electron chi connectivity index (χ2n) is 4.82. The van der Waals surface area contributed by atoms with E-state index >= 15 is 0 Å². The molecule has 5 nitrogen and oxygen atoms in total. The molecule has 0 saturated carbocycles. The number of pyridine rings is 1. The topological polar surface area (TPSA) is 71.1 Å². The van der Waals surface area contributed by atoms with Crippen molar-refractivity contribution in [3.8, 4) is 0 Å². The molecule has 0 saturated heterocycles. The van der Waals surface area contributed by atoms with Gasteiger partial charge in [0.2, 0.25) is 5.91 Å². The van der Waals surface area contributed by atoms with Gasteiger partial charge in [0.25, 0.3) is 5.91 Å². The van der Waals surface area contributed by atoms with Crippen LogP contribution in [0.5, 0.6) is 0 Å². The first kappa shape index (κ1) is 14.6. The summed E-state index contributed by atoms with van der Waals surface area (Å²) < 4.78 is 0.457. The molecule has 0 atom stereocenters. The summed E-state index contributed by atoms with van der Waals surface area (Å²) in [7, 11) is 0. The first-order valence-electron chi connectivity index (χ1n) is 5.49. The molecule has 6 heteroatoms. The second kappa shape index (κ2) is 5.95. The Morgan fingerprint density at radius 2 is 2.06 bits per heavy atom. The Bertz CT molecular complexity index is 455. The number of halogens is 1. The minimum atomic E-state index is -0.334. The quantitative estimate of drug-likeness (QED) is 0.831. The predicted molar refractivity (Wildman–Crippen MR) is 72.2 cm³/mol. The van der Waals surface area contributed by atoms with E-state index in [2.05, 4.69) is 31.5 Å². The van der Waals surface area contributed by atoms with Gasteiger partial charge in [0.05, 0.1) is 12.1 Å². The van der Waals surface area contributed by atoms with Gasteiger partial charge in [-0.1, -0.05) is 0 Å². The van der Waals surface area contributed by atoms with E-state index in [1.54, 1.807) is 18.3 Å². The van der Waals surface area contributed by atoms with Gasteiger partial charge in [-0.2, -0.15) is 0 Å². The Balaban J connectivity index is 2.52. The number of carbonyl (C=O) groups is 2. The second-order valence-corrected chi connectivity index (χ2v) is 5.57. The van der Waals surface area contributed by atoms with Gasteiger partial charge >= 0.3 is 0 Å². The Morgan fingerprint density at radius 1 is 1.39 bits per heavy atom. The number of hydrogen-bond acceptors (Lipinski definition) is 3.